The largest absolute Gasteiger partial charge is 0.467 e. The van der Waals surface area contributed by atoms with Crippen LogP contribution in [0.1, 0.15) is 35.5 Å². The SMILES string of the molecule is CCN(CC)S(=O)(=O)c1ccc(C(=O)N(Cc2ccco2)c2nc3c(C)cc(Cl)cc3s2)cc1. The van der Waals surface area contributed by atoms with Crippen molar-refractivity contribution in [1.82, 2.24) is 9.29 Å². The van der Waals surface area contributed by atoms with Gasteiger partial charge in [0, 0.05) is 23.7 Å². The number of benzene rings is 2. The van der Waals surface area contributed by atoms with Gasteiger partial charge in [-0.3, -0.25) is 9.69 Å². The van der Waals surface area contributed by atoms with Crippen LogP contribution in [-0.2, 0) is 16.6 Å². The molecule has 34 heavy (non-hydrogen) atoms. The molecule has 0 aliphatic carbocycles. The smallest absolute Gasteiger partial charge is 0.260 e. The third kappa shape index (κ3) is 4.74. The Balaban J connectivity index is 1.71. The molecule has 0 fully saturated rings. The number of amides is 1. The molecule has 0 saturated carbocycles. The van der Waals surface area contributed by atoms with E-state index < -0.39 is 10.0 Å². The molecule has 0 aliphatic heterocycles. The van der Waals surface area contributed by atoms with Crippen molar-refractivity contribution in [1.29, 1.82) is 0 Å². The molecule has 2 aromatic carbocycles. The first-order valence-corrected chi connectivity index (χ1v) is 13.4. The van der Waals surface area contributed by atoms with Crippen LogP contribution in [-0.4, -0.2) is 36.7 Å². The van der Waals surface area contributed by atoms with E-state index in [0.29, 0.717) is 34.6 Å². The fourth-order valence-corrected chi connectivity index (χ4v) is 6.56. The zero-order chi connectivity index (χ0) is 24.5. The van der Waals surface area contributed by atoms with Gasteiger partial charge in [0.1, 0.15) is 5.76 Å². The number of fused-ring (bicyclic) bond motifs is 1. The summed E-state index contributed by atoms with van der Waals surface area (Å²) in [5.74, 6) is 0.286. The number of thiazole rings is 1. The number of halogens is 1. The zero-order valence-electron chi connectivity index (χ0n) is 19.0. The van der Waals surface area contributed by atoms with Gasteiger partial charge in [-0.2, -0.15) is 4.31 Å². The van der Waals surface area contributed by atoms with E-state index in [1.165, 1.54) is 44.8 Å². The lowest BCUT2D eigenvalue weighted by atomic mass is 10.2. The number of aryl methyl sites for hydroxylation is 1. The fraction of sp³-hybridized carbons (Fsp3) is 0.250. The molecule has 4 rings (SSSR count). The molecule has 0 radical (unpaired) electrons. The van der Waals surface area contributed by atoms with E-state index in [9.17, 15) is 13.2 Å². The molecular weight excluding hydrogens is 494 g/mol. The van der Waals surface area contributed by atoms with Gasteiger partial charge in [-0.1, -0.05) is 36.8 Å². The van der Waals surface area contributed by atoms with Crippen LogP contribution in [0, 0.1) is 6.92 Å². The number of sulfonamides is 1. The van der Waals surface area contributed by atoms with Crippen LogP contribution in [0.5, 0.6) is 0 Å². The third-order valence-electron chi connectivity index (χ3n) is 5.45. The molecule has 0 N–H and O–H groups in total. The molecule has 0 saturated heterocycles. The predicted molar refractivity (Wildman–Crippen MR) is 135 cm³/mol. The van der Waals surface area contributed by atoms with E-state index in [4.69, 9.17) is 21.0 Å². The van der Waals surface area contributed by atoms with Gasteiger partial charge in [-0.15, -0.1) is 0 Å². The van der Waals surface area contributed by atoms with Gasteiger partial charge in [0.05, 0.1) is 27.9 Å². The van der Waals surface area contributed by atoms with Crippen molar-refractivity contribution in [2.45, 2.75) is 32.2 Å². The van der Waals surface area contributed by atoms with Gasteiger partial charge in [-0.05, 0) is 61.0 Å². The van der Waals surface area contributed by atoms with Crippen LogP contribution >= 0.6 is 22.9 Å². The maximum absolute atomic E-state index is 13.6. The Hall–Kier alpha value is -2.72. The number of rotatable bonds is 8. The summed E-state index contributed by atoms with van der Waals surface area (Å²) in [5, 5.41) is 1.11. The van der Waals surface area contributed by atoms with Crippen LogP contribution in [0.3, 0.4) is 0 Å². The zero-order valence-corrected chi connectivity index (χ0v) is 21.4. The van der Waals surface area contributed by atoms with E-state index in [1.807, 2.05) is 19.1 Å². The first-order chi connectivity index (χ1) is 16.2. The summed E-state index contributed by atoms with van der Waals surface area (Å²) in [6.45, 7) is 6.43. The number of anilines is 1. The molecule has 0 atom stereocenters. The fourth-order valence-electron chi connectivity index (χ4n) is 3.68. The van der Waals surface area contributed by atoms with Crippen molar-refractivity contribution in [2.75, 3.05) is 18.0 Å². The molecule has 4 aromatic rings. The van der Waals surface area contributed by atoms with Gasteiger partial charge in [0.2, 0.25) is 10.0 Å². The second-order valence-electron chi connectivity index (χ2n) is 7.65. The summed E-state index contributed by atoms with van der Waals surface area (Å²) in [6.07, 6.45) is 1.55. The highest BCUT2D eigenvalue weighted by atomic mass is 35.5. The van der Waals surface area contributed by atoms with E-state index in [-0.39, 0.29) is 17.3 Å². The van der Waals surface area contributed by atoms with Gasteiger partial charge >= 0.3 is 0 Å². The highest BCUT2D eigenvalue weighted by Crippen LogP contribution is 2.34. The molecule has 7 nitrogen and oxygen atoms in total. The highest BCUT2D eigenvalue weighted by Gasteiger charge is 2.25. The lowest BCUT2D eigenvalue weighted by Crippen LogP contribution is -2.31. The lowest BCUT2D eigenvalue weighted by molar-refractivity contribution is 0.0983. The second-order valence-corrected chi connectivity index (χ2v) is 11.0. The van der Waals surface area contributed by atoms with Gasteiger partial charge < -0.3 is 4.42 Å². The van der Waals surface area contributed by atoms with Crippen LogP contribution in [0.2, 0.25) is 5.02 Å². The molecule has 2 heterocycles. The minimum atomic E-state index is -3.61. The van der Waals surface area contributed by atoms with Crippen molar-refractivity contribution < 1.29 is 17.6 Å². The van der Waals surface area contributed by atoms with Crippen molar-refractivity contribution in [3.63, 3.8) is 0 Å². The Morgan fingerprint density at radius 2 is 1.82 bits per heavy atom. The average molecular weight is 518 g/mol. The van der Waals surface area contributed by atoms with Crippen LogP contribution in [0.25, 0.3) is 10.2 Å². The van der Waals surface area contributed by atoms with Crippen LogP contribution in [0.4, 0.5) is 5.13 Å². The Labute approximate surface area is 207 Å². The molecule has 178 valence electrons. The Morgan fingerprint density at radius 3 is 2.44 bits per heavy atom. The summed E-state index contributed by atoms with van der Waals surface area (Å²) < 4.78 is 33.3. The summed E-state index contributed by atoms with van der Waals surface area (Å²) in [5.41, 5.74) is 2.04. The predicted octanol–water partition coefficient (Wildman–Crippen LogP) is 5.73. The summed E-state index contributed by atoms with van der Waals surface area (Å²) in [7, 11) is -3.61. The number of aromatic nitrogens is 1. The summed E-state index contributed by atoms with van der Waals surface area (Å²) in [6, 6.07) is 13.2. The topological polar surface area (TPSA) is 83.7 Å². The van der Waals surface area contributed by atoms with Crippen molar-refractivity contribution in [3.05, 3.63) is 76.7 Å². The molecular formula is C24H24ClN3O4S2. The van der Waals surface area contributed by atoms with Crippen molar-refractivity contribution >= 4 is 54.2 Å². The number of carbonyl (C=O) groups is 1. The minimum Gasteiger partial charge on any atom is -0.467 e. The number of carbonyl (C=O) groups excluding carboxylic acids is 1. The van der Waals surface area contributed by atoms with Crippen molar-refractivity contribution in [3.8, 4) is 0 Å². The van der Waals surface area contributed by atoms with Gasteiger partial charge in [0.15, 0.2) is 5.13 Å². The monoisotopic (exact) mass is 517 g/mol. The van der Waals surface area contributed by atoms with Gasteiger partial charge in [-0.25, -0.2) is 13.4 Å². The minimum absolute atomic E-state index is 0.149. The first kappa shape index (κ1) is 24.4. The van der Waals surface area contributed by atoms with E-state index >= 15 is 0 Å². The van der Waals surface area contributed by atoms with E-state index in [0.717, 1.165) is 15.8 Å². The lowest BCUT2D eigenvalue weighted by Gasteiger charge is -2.20. The average Bonchev–Trinajstić information content (AvgIpc) is 3.47. The van der Waals surface area contributed by atoms with E-state index in [1.54, 1.807) is 32.2 Å². The Bertz CT molecular complexity index is 1410. The molecule has 0 bridgehead atoms. The molecule has 10 heteroatoms. The number of nitrogens with zero attached hydrogens (tertiary/aromatic N) is 3. The molecule has 2 aromatic heterocycles. The van der Waals surface area contributed by atoms with Crippen LogP contribution in [0.15, 0.2) is 64.1 Å². The molecule has 0 unspecified atom stereocenters. The molecule has 1 amide bonds. The molecule has 0 aliphatic rings. The Morgan fingerprint density at radius 1 is 1.12 bits per heavy atom. The normalized spacial score (nSPS) is 11.9. The number of furan rings is 1. The first-order valence-electron chi connectivity index (χ1n) is 10.8. The standard InChI is InChI=1S/C24H24ClN3O4S2/c1-4-27(5-2)34(30,31)20-10-8-17(9-11-20)23(29)28(15-19-7-6-12-32-19)24-26-22-16(3)13-18(25)14-21(22)33-24/h6-14H,4-5,15H2,1-3H3. The van der Waals surface area contributed by atoms with Crippen LogP contribution < -0.4 is 4.90 Å². The summed E-state index contributed by atoms with van der Waals surface area (Å²) in [4.78, 5) is 20.0. The molecule has 0 spiro atoms. The number of hydrogen-bond acceptors (Lipinski definition) is 6. The third-order valence-corrected chi connectivity index (χ3v) is 8.76. The number of hydrogen-bond donors (Lipinski definition) is 0. The second kappa shape index (κ2) is 9.87. The quantitative estimate of drug-likeness (QED) is 0.298. The maximum Gasteiger partial charge on any atom is 0.260 e. The van der Waals surface area contributed by atoms with Gasteiger partial charge in [0.25, 0.3) is 5.91 Å². The van der Waals surface area contributed by atoms with E-state index in [2.05, 4.69) is 0 Å². The van der Waals surface area contributed by atoms with Crippen molar-refractivity contribution in [2.24, 2.45) is 0 Å². The maximum atomic E-state index is 13.6. The Kier molecular flexibility index (Phi) is 7.09. The summed E-state index contributed by atoms with van der Waals surface area (Å²) >= 11 is 7.57. The highest BCUT2D eigenvalue weighted by molar-refractivity contribution is 7.89.